The van der Waals surface area contributed by atoms with Crippen molar-refractivity contribution in [1.29, 1.82) is 0 Å². The summed E-state index contributed by atoms with van der Waals surface area (Å²) in [5.41, 5.74) is 0.581. The number of carbonyl (C=O) groups excluding carboxylic acids is 2. The van der Waals surface area contributed by atoms with Crippen molar-refractivity contribution in [1.82, 2.24) is 0 Å². The van der Waals surface area contributed by atoms with Gasteiger partial charge in [0.05, 0.1) is 11.8 Å². The molecule has 6 nitrogen and oxygen atoms in total. The van der Waals surface area contributed by atoms with E-state index in [1.54, 1.807) is 24.3 Å². The van der Waals surface area contributed by atoms with Crippen molar-refractivity contribution in [2.24, 2.45) is 5.92 Å². The number of benzene rings is 1. The van der Waals surface area contributed by atoms with E-state index in [2.05, 4.69) is 0 Å². The molecule has 1 saturated carbocycles. The lowest BCUT2D eigenvalue weighted by Crippen LogP contribution is -2.43. The lowest BCUT2D eigenvalue weighted by Gasteiger charge is -2.27. The third kappa shape index (κ3) is 5.42. The van der Waals surface area contributed by atoms with Crippen molar-refractivity contribution in [2.45, 2.75) is 44.6 Å². The molecule has 3 rings (SSSR count). The van der Waals surface area contributed by atoms with E-state index >= 15 is 0 Å². The Morgan fingerprint density at radius 2 is 1.78 bits per heavy atom. The second-order valence-electron chi connectivity index (χ2n) is 7.19. The monoisotopic (exact) mass is 391 g/mol. The van der Waals surface area contributed by atoms with Crippen molar-refractivity contribution in [2.75, 3.05) is 17.3 Å². The number of hydrogen-bond donors (Lipinski definition) is 0. The fourth-order valence-corrected chi connectivity index (χ4v) is 4.99. The van der Waals surface area contributed by atoms with Crippen LogP contribution in [0.5, 0.6) is 0 Å². The quantitative estimate of drug-likeness (QED) is 0.697. The molecule has 2 aliphatic rings. The largest absolute Gasteiger partial charge is 0.456 e. The van der Waals surface area contributed by atoms with Gasteiger partial charge in [-0.25, -0.2) is 8.42 Å². The van der Waals surface area contributed by atoms with Gasteiger partial charge in [0, 0.05) is 17.5 Å². The number of hydrogen-bond acceptors (Lipinski definition) is 5. The molecule has 0 radical (unpaired) electrons. The summed E-state index contributed by atoms with van der Waals surface area (Å²) in [5.74, 6) is -0.610. The highest BCUT2D eigenvalue weighted by molar-refractivity contribution is 7.94. The van der Waals surface area contributed by atoms with Gasteiger partial charge in [-0.05, 0) is 37.0 Å². The number of esters is 1. The number of sulfone groups is 1. The van der Waals surface area contributed by atoms with Crippen LogP contribution in [-0.4, -0.2) is 38.7 Å². The van der Waals surface area contributed by atoms with Crippen molar-refractivity contribution in [3.05, 3.63) is 41.8 Å². The van der Waals surface area contributed by atoms with Gasteiger partial charge in [-0.15, -0.1) is 0 Å². The molecule has 0 bridgehead atoms. The standard InChI is InChI=1S/C20H25NO5S/c22-19(14-26-20(23)13-16-7-3-1-4-8-16)21(17-9-5-2-6-10-17)18-11-12-27(24,25)15-18/h2,5-6,9-12,16,18H,1,3-4,7-8,13-15H2. The predicted molar refractivity (Wildman–Crippen MR) is 103 cm³/mol. The fraction of sp³-hybridized carbons (Fsp3) is 0.500. The van der Waals surface area contributed by atoms with Crippen LogP contribution in [-0.2, 0) is 24.2 Å². The van der Waals surface area contributed by atoms with Gasteiger partial charge in [-0.1, -0.05) is 37.5 Å². The maximum atomic E-state index is 12.8. The molecule has 1 heterocycles. The summed E-state index contributed by atoms with van der Waals surface area (Å²) < 4.78 is 28.8. The van der Waals surface area contributed by atoms with Crippen LogP contribution < -0.4 is 4.90 Å². The molecule has 27 heavy (non-hydrogen) atoms. The van der Waals surface area contributed by atoms with Gasteiger partial charge in [-0.2, -0.15) is 0 Å². The Hall–Kier alpha value is -2.15. The third-order valence-electron chi connectivity index (χ3n) is 5.08. The summed E-state index contributed by atoms with van der Waals surface area (Å²) in [6, 6.07) is 8.25. The number of para-hydroxylation sites is 1. The zero-order valence-electron chi connectivity index (χ0n) is 15.2. The molecule has 1 amide bonds. The van der Waals surface area contributed by atoms with Crippen molar-refractivity contribution >= 4 is 27.4 Å². The molecular formula is C20H25NO5S. The van der Waals surface area contributed by atoms with Crippen LogP contribution in [0.3, 0.4) is 0 Å². The average Bonchev–Trinajstić information content (AvgIpc) is 3.01. The normalized spacial score (nSPS) is 21.7. The van der Waals surface area contributed by atoms with Crippen LogP contribution in [0.15, 0.2) is 41.8 Å². The van der Waals surface area contributed by atoms with Gasteiger partial charge in [0.2, 0.25) is 0 Å². The molecule has 1 unspecified atom stereocenters. The van der Waals surface area contributed by atoms with E-state index in [-0.39, 0.29) is 18.3 Å². The van der Waals surface area contributed by atoms with Crippen LogP contribution in [0.25, 0.3) is 0 Å². The van der Waals surface area contributed by atoms with Gasteiger partial charge in [-0.3, -0.25) is 9.59 Å². The summed E-state index contributed by atoms with van der Waals surface area (Å²) in [6.45, 7) is -0.384. The molecule has 1 aliphatic heterocycles. The first-order valence-electron chi connectivity index (χ1n) is 9.38. The van der Waals surface area contributed by atoms with E-state index in [1.165, 1.54) is 17.4 Å². The second-order valence-corrected chi connectivity index (χ2v) is 9.12. The number of ether oxygens (including phenoxy) is 1. The first-order valence-corrected chi connectivity index (χ1v) is 11.1. The van der Waals surface area contributed by atoms with E-state index < -0.39 is 21.8 Å². The first kappa shape index (κ1) is 19.6. The highest BCUT2D eigenvalue weighted by Gasteiger charge is 2.32. The molecule has 7 heteroatoms. The summed E-state index contributed by atoms with van der Waals surface area (Å²) >= 11 is 0. The third-order valence-corrected chi connectivity index (χ3v) is 6.46. The zero-order chi connectivity index (χ0) is 19.3. The van der Waals surface area contributed by atoms with E-state index in [0.717, 1.165) is 31.1 Å². The lowest BCUT2D eigenvalue weighted by atomic mass is 9.87. The van der Waals surface area contributed by atoms with Crippen LogP contribution in [0.4, 0.5) is 5.69 Å². The van der Waals surface area contributed by atoms with Gasteiger partial charge in [0.1, 0.15) is 0 Å². The van der Waals surface area contributed by atoms with E-state index in [1.807, 2.05) is 6.07 Å². The molecular weight excluding hydrogens is 366 g/mol. The Morgan fingerprint density at radius 3 is 2.41 bits per heavy atom. The molecule has 1 atom stereocenters. The molecule has 1 aliphatic carbocycles. The fourth-order valence-electron chi connectivity index (χ4n) is 3.73. The van der Waals surface area contributed by atoms with Crippen LogP contribution in [0, 0.1) is 5.92 Å². The maximum Gasteiger partial charge on any atom is 0.306 e. The van der Waals surface area contributed by atoms with Crippen LogP contribution in [0.2, 0.25) is 0 Å². The maximum absolute atomic E-state index is 12.8. The van der Waals surface area contributed by atoms with Crippen molar-refractivity contribution in [3.8, 4) is 0 Å². The van der Waals surface area contributed by atoms with Gasteiger partial charge in [0.15, 0.2) is 16.4 Å². The van der Waals surface area contributed by atoms with Crippen LogP contribution in [0.1, 0.15) is 38.5 Å². The van der Waals surface area contributed by atoms with Crippen LogP contribution >= 0.6 is 0 Å². The SMILES string of the molecule is O=C(CC1CCCCC1)OCC(=O)N(c1ccccc1)C1C=CS(=O)(=O)C1. The average molecular weight is 391 g/mol. The molecule has 0 saturated heterocycles. The molecule has 146 valence electrons. The molecule has 1 aromatic carbocycles. The zero-order valence-corrected chi connectivity index (χ0v) is 16.1. The lowest BCUT2D eigenvalue weighted by molar-refractivity contribution is -0.149. The highest BCUT2D eigenvalue weighted by Crippen LogP contribution is 2.27. The predicted octanol–water partition coefficient (Wildman–Crippen LogP) is 2.84. The molecule has 1 fully saturated rings. The van der Waals surface area contributed by atoms with E-state index in [9.17, 15) is 18.0 Å². The van der Waals surface area contributed by atoms with Gasteiger partial charge >= 0.3 is 5.97 Å². The molecule has 0 aromatic heterocycles. The number of anilines is 1. The Morgan fingerprint density at radius 1 is 1.07 bits per heavy atom. The minimum absolute atomic E-state index is 0.163. The van der Waals surface area contributed by atoms with Gasteiger partial charge in [0.25, 0.3) is 5.91 Å². The van der Waals surface area contributed by atoms with Crippen molar-refractivity contribution < 1.29 is 22.7 Å². The summed E-state index contributed by atoms with van der Waals surface area (Å²) in [6.07, 6.45) is 7.41. The minimum atomic E-state index is -3.31. The Kier molecular flexibility index (Phi) is 6.31. The molecule has 0 N–H and O–H groups in total. The number of carbonyl (C=O) groups is 2. The second kappa shape index (κ2) is 8.69. The highest BCUT2D eigenvalue weighted by atomic mass is 32.2. The van der Waals surface area contributed by atoms with E-state index in [0.29, 0.717) is 18.0 Å². The number of amides is 1. The molecule has 0 spiro atoms. The Labute approximate surface area is 160 Å². The minimum Gasteiger partial charge on any atom is -0.456 e. The molecule has 1 aromatic rings. The topological polar surface area (TPSA) is 80.8 Å². The summed E-state index contributed by atoms with van der Waals surface area (Å²) in [7, 11) is -3.31. The Bertz CT molecular complexity index is 797. The number of nitrogens with zero attached hydrogens (tertiary/aromatic N) is 1. The van der Waals surface area contributed by atoms with Gasteiger partial charge < -0.3 is 9.64 Å². The first-order chi connectivity index (χ1) is 12.9. The smallest absolute Gasteiger partial charge is 0.306 e. The summed E-state index contributed by atoms with van der Waals surface area (Å²) in [4.78, 5) is 26.3. The summed E-state index contributed by atoms with van der Waals surface area (Å²) in [5, 5.41) is 1.13. The number of rotatable bonds is 6. The Balaban J connectivity index is 1.63. The van der Waals surface area contributed by atoms with E-state index in [4.69, 9.17) is 4.74 Å². The van der Waals surface area contributed by atoms with Crippen molar-refractivity contribution in [3.63, 3.8) is 0 Å².